The lowest BCUT2D eigenvalue weighted by Crippen LogP contribution is -2.31. The summed E-state index contributed by atoms with van der Waals surface area (Å²) in [6.07, 6.45) is 6.70. The minimum absolute atomic E-state index is 0.0885. The van der Waals surface area contributed by atoms with Crippen LogP contribution in [0.5, 0.6) is 0 Å². The number of aromatic nitrogens is 4. The Hall–Kier alpha value is -2.22. The summed E-state index contributed by atoms with van der Waals surface area (Å²) >= 11 is 0. The first-order valence-electron chi connectivity index (χ1n) is 8.65. The van der Waals surface area contributed by atoms with E-state index in [1.807, 2.05) is 0 Å². The summed E-state index contributed by atoms with van der Waals surface area (Å²) in [5, 5.41) is 12.9. The second-order valence-electron chi connectivity index (χ2n) is 7.54. The molecule has 0 unspecified atom stereocenters. The normalized spacial score (nSPS) is 17.7. The second kappa shape index (κ2) is 6.95. The van der Waals surface area contributed by atoms with E-state index in [-0.39, 0.29) is 24.5 Å². The Balaban J connectivity index is 1.77. The number of nitrogens with one attached hydrogen (secondary N) is 1. The minimum Gasteiger partial charge on any atom is -0.395 e. The van der Waals surface area contributed by atoms with Crippen molar-refractivity contribution in [2.24, 2.45) is 11.3 Å². The number of aromatic amines is 1. The Morgan fingerprint density at radius 3 is 2.76 bits per heavy atom. The van der Waals surface area contributed by atoms with Crippen LogP contribution >= 0.6 is 0 Å². The Morgan fingerprint density at radius 2 is 2.08 bits per heavy atom. The molecule has 0 saturated heterocycles. The Morgan fingerprint density at radius 1 is 1.36 bits per heavy atom. The lowest BCUT2D eigenvalue weighted by Gasteiger charge is -2.33. The van der Waals surface area contributed by atoms with Gasteiger partial charge in [-0.25, -0.2) is 4.79 Å². The average molecular weight is 348 g/mol. The summed E-state index contributed by atoms with van der Waals surface area (Å²) in [5.74, 6) is 1.20. The zero-order valence-electron chi connectivity index (χ0n) is 14.6. The van der Waals surface area contributed by atoms with Crippen molar-refractivity contribution in [2.45, 2.75) is 52.5 Å². The summed E-state index contributed by atoms with van der Waals surface area (Å²) in [4.78, 5) is 30.2. The number of nitrogens with zero attached hydrogens (tertiary/aromatic N) is 3. The summed E-state index contributed by atoms with van der Waals surface area (Å²) in [5.41, 5.74) is -0.570. The predicted octanol–water partition coefficient (Wildman–Crippen LogP) is 1.34. The standard InChI is InChI=1S/C17H24N4O4/c1-17(2)5-3-11(4-6-17)9-13-18-14(20-25-13)12-10-21(7-8-22)16(24)19-15(12)23/h10-11,22H,3-9H2,1-2H3,(H,19,23,24). The van der Waals surface area contributed by atoms with Gasteiger partial charge < -0.3 is 9.63 Å². The summed E-state index contributed by atoms with van der Waals surface area (Å²) in [6.45, 7) is 4.47. The van der Waals surface area contributed by atoms with Crippen LogP contribution in [-0.4, -0.2) is 31.4 Å². The second-order valence-corrected chi connectivity index (χ2v) is 7.54. The molecule has 25 heavy (non-hydrogen) atoms. The van der Waals surface area contributed by atoms with Gasteiger partial charge in [-0.3, -0.25) is 14.3 Å². The molecule has 2 heterocycles. The van der Waals surface area contributed by atoms with Crippen LogP contribution in [0.15, 0.2) is 20.3 Å². The molecule has 8 heteroatoms. The third-order valence-corrected chi connectivity index (χ3v) is 4.98. The van der Waals surface area contributed by atoms with Gasteiger partial charge in [-0.15, -0.1) is 0 Å². The van der Waals surface area contributed by atoms with Crippen LogP contribution < -0.4 is 11.2 Å². The van der Waals surface area contributed by atoms with Crippen LogP contribution in [0.3, 0.4) is 0 Å². The maximum atomic E-state index is 12.0. The average Bonchev–Trinajstić information content (AvgIpc) is 3.00. The van der Waals surface area contributed by atoms with Crippen molar-refractivity contribution in [3.8, 4) is 11.4 Å². The molecule has 2 aromatic heterocycles. The van der Waals surface area contributed by atoms with Gasteiger partial charge in [-0.2, -0.15) is 4.98 Å². The molecule has 0 amide bonds. The molecule has 0 spiro atoms. The van der Waals surface area contributed by atoms with Crippen molar-refractivity contribution in [1.29, 1.82) is 0 Å². The molecular formula is C17H24N4O4. The van der Waals surface area contributed by atoms with Gasteiger partial charge >= 0.3 is 5.69 Å². The fraction of sp³-hybridized carbons (Fsp3) is 0.647. The van der Waals surface area contributed by atoms with Crippen LogP contribution in [0.4, 0.5) is 0 Å². The van der Waals surface area contributed by atoms with E-state index < -0.39 is 11.2 Å². The van der Waals surface area contributed by atoms with Crippen LogP contribution in [0.1, 0.15) is 45.4 Å². The van der Waals surface area contributed by atoms with Gasteiger partial charge in [0.2, 0.25) is 11.7 Å². The van der Waals surface area contributed by atoms with Crippen molar-refractivity contribution >= 4 is 0 Å². The third kappa shape index (κ3) is 4.07. The highest BCUT2D eigenvalue weighted by Crippen LogP contribution is 2.39. The molecule has 136 valence electrons. The summed E-state index contributed by atoms with van der Waals surface area (Å²) < 4.78 is 6.53. The Labute approximate surface area is 144 Å². The van der Waals surface area contributed by atoms with Gasteiger partial charge in [0, 0.05) is 12.6 Å². The van der Waals surface area contributed by atoms with E-state index in [4.69, 9.17) is 9.63 Å². The summed E-state index contributed by atoms with van der Waals surface area (Å²) in [6, 6.07) is 0. The zero-order chi connectivity index (χ0) is 18.0. The van der Waals surface area contributed by atoms with Crippen LogP contribution in [0.2, 0.25) is 0 Å². The molecule has 2 N–H and O–H groups in total. The molecule has 0 atom stereocenters. The minimum atomic E-state index is -0.573. The molecule has 1 aliphatic carbocycles. The molecular weight excluding hydrogens is 324 g/mol. The van der Waals surface area contributed by atoms with Crippen molar-refractivity contribution in [3.05, 3.63) is 32.9 Å². The Kier molecular flexibility index (Phi) is 4.89. The van der Waals surface area contributed by atoms with Gasteiger partial charge in [-0.1, -0.05) is 19.0 Å². The monoisotopic (exact) mass is 348 g/mol. The largest absolute Gasteiger partial charge is 0.395 e. The van der Waals surface area contributed by atoms with E-state index in [2.05, 4.69) is 29.0 Å². The van der Waals surface area contributed by atoms with E-state index in [9.17, 15) is 9.59 Å². The van der Waals surface area contributed by atoms with E-state index in [0.717, 1.165) is 12.8 Å². The molecule has 3 rings (SSSR count). The van der Waals surface area contributed by atoms with Gasteiger partial charge in [0.25, 0.3) is 5.56 Å². The molecule has 0 aliphatic heterocycles. The number of H-pyrrole nitrogens is 1. The van der Waals surface area contributed by atoms with Crippen molar-refractivity contribution in [1.82, 2.24) is 19.7 Å². The number of hydrogen-bond donors (Lipinski definition) is 2. The first-order valence-corrected chi connectivity index (χ1v) is 8.65. The SMILES string of the molecule is CC1(C)CCC(Cc2nc(-c3cn(CCO)c(=O)[nH]c3=O)no2)CC1. The molecule has 0 aromatic carbocycles. The molecule has 1 fully saturated rings. The van der Waals surface area contributed by atoms with Crippen molar-refractivity contribution in [3.63, 3.8) is 0 Å². The quantitative estimate of drug-likeness (QED) is 0.843. The van der Waals surface area contributed by atoms with Crippen LogP contribution in [0, 0.1) is 11.3 Å². The number of hydrogen-bond acceptors (Lipinski definition) is 6. The fourth-order valence-electron chi connectivity index (χ4n) is 3.30. The lowest BCUT2D eigenvalue weighted by molar-refractivity contribution is 0.183. The van der Waals surface area contributed by atoms with Crippen LogP contribution in [0.25, 0.3) is 11.4 Å². The fourth-order valence-corrected chi connectivity index (χ4v) is 3.30. The molecule has 1 aliphatic rings. The van der Waals surface area contributed by atoms with Crippen LogP contribution in [-0.2, 0) is 13.0 Å². The maximum Gasteiger partial charge on any atom is 0.328 e. The lowest BCUT2D eigenvalue weighted by atomic mass is 9.72. The van der Waals surface area contributed by atoms with Crippen molar-refractivity contribution in [2.75, 3.05) is 6.61 Å². The predicted molar refractivity (Wildman–Crippen MR) is 91.1 cm³/mol. The van der Waals surface area contributed by atoms with E-state index in [1.54, 1.807) is 0 Å². The molecule has 8 nitrogen and oxygen atoms in total. The van der Waals surface area contributed by atoms with E-state index in [0.29, 0.717) is 23.6 Å². The number of rotatable bonds is 5. The van der Waals surface area contributed by atoms with Gasteiger partial charge in [0.05, 0.1) is 13.2 Å². The molecule has 2 aromatic rings. The molecule has 0 bridgehead atoms. The third-order valence-electron chi connectivity index (χ3n) is 4.98. The number of aliphatic hydroxyl groups excluding tert-OH is 1. The smallest absolute Gasteiger partial charge is 0.328 e. The highest BCUT2D eigenvalue weighted by Gasteiger charge is 2.28. The van der Waals surface area contributed by atoms with Gasteiger partial charge in [0.1, 0.15) is 5.56 Å². The first kappa shape index (κ1) is 17.6. The van der Waals surface area contributed by atoms with Gasteiger partial charge in [0.15, 0.2) is 0 Å². The molecule has 0 radical (unpaired) electrons. The maximum absolute atomic E-state index is 12.0. The highest BCUT2D eigenvalue weighted by molar-refractivity contribution is 5.50. The van der Waals surface area contributed by atoms with E-state index >= 15 is 0 Å². The first-order chi connectivity index (χ1) is 11.9. The van der Waals surface area contributed by atoms with Crippen molar-refractivity contribution < 1.29 is 9.63 Å². The molecule has 1 saturated carbocycles. The topological polar surface area (TPSA) is 114 Å². The van der Waals surface area contributed by atoms with E-state index in [1.165, 1.54) is 23.6 Å². The Bertz CT molecular complexity index is 839. The number of aliphatic hydroxyl groups is 1. The van der Waals surface area contributed by atoms with Gasteiger partial charge in [-0.05, 0) is 37.0 Å². The zero-order valence-corrected chi connectivity index (χ0v) is 14.6. The highest BCUT2D eigenvalue weighted by atomic mass is 16.5. The summed E-state index contributed by atoms with van der Waals surface area (Å²) in [7, 11) is 0.